The summed E-state index contributed by atoms with van der Waals surface area (Å²) in [4.78, 5) is 0. The lowest BCUT2D eigenvalue weighted by Crippen LogP contribution is -1.48. The average Bonchev–Trinajstić information content (AvgIpc) is 1.41. The first-order valence-corrected chi connectivity index (χ1v) is 1.71. The van der Waals surface area contributed by atoms with Crippen molar-refractivity contribution in [2.45, 2.75) is 13.3 Å². The maximum absolute atomic E-state index is 7.89. The molecule has 0 rings (SSSR count). The van der Waals surface area contributed by atoms with E-state index in [1.165, 1.54) is 0 Å². The van der Waals surface area contributed by atoms with Gasteiger partial charge in [-0.25, -0.2) is 0 Å². The van der Waals surface area contributed by atoms with Gasteiger partial charge in [0.2, 0.25) is 0 Å². The molecule has 0 aromatic carbocycles. The zero-order valence-electron chi connectivity index (χ0n) is 4.02. The molecule has 0 fully saturated rings. The fraction of sp³-hybridized carbons (Fsp3) is 0.500. The van der Waals surface area contributed by atoms with Gasteiger partial charge in [0, 0.05) is 0 Å². The molecule has 0 aliphatic carbocycles. The van der Waals surface area contributed by atoms with Crippen LogP contribution < -0.4 is 6.15 Å². The Kier molecular flexibility index (Phi) is 13.4. The second kappa shape index (κ2) is 8.82. The fourth-order valence-corrected chi connectivity index (χ4v) is 0.105. The minimum Gasteiger partial charge on any atom is -0.516 e. The Morgan fingerprint density at radius 1 is 1.67 bits per heavy atom. The van der Waals surface area contributed by atoms with E-state index in [1.807, 2.05) is 6.92 Å². The molecule has 0 aromatic rings. The molecule has 0 saturated heterocycles. The second-order valence-corrected chi connectivity index (χ2v) is 0.793. The lowest BCUT2D eigenvalue weighted by molar-refractivity contribution is 0.471. The summed E-state index contributed by atoms with van der Waals surface area (Å²) in [5.41, 5.74) is 0. The van der Waals surface area contributed by atoms with Crippen molar-refractivity contribution in [3.05, 3.63) is 12.3 Å². The molecule has 4 N–H and O–H groups in total. The number of allylic oxidation sites excluding steroid dienone is 1. The van der Waals surface area contributed by atoms with Crippen molar-refractivity contribution in [1.29, 1.82) is 0 Å². The van der Waals surface area contributed by atoms with Gasteiger partial charge in [0.05, 0.1) is 6.26 Å². The highest BCUT2D eigenvalue weighted by Gasteiger charge is 1.53. The number of hydrogen-bond donors (Lipinski definition) is 2. The molecule has 0 aliphatic rings. The molecule has 2 heteroatoms. The lowest BCUT2D eigenvalue weighted by atomic mass is 10.5. The molecule has 2 nitrogen and oxygen atoms in total. The molecule has 0 aliphatic heterocycles. The third-order valence-corrected chi connectivity index (χ3v) is 0.341. The second-order valence-electron chi connectivity index (χ2n) is 0.793. The first-order valence-electron chi connectivity index (χ1n) is 1.71. The fourth-order valence-electron chi connectivity index (χ4n) is 0.105. The molecule has 0 amide bonds. The van der Waals surface area contributed by atoms with Crippen LogP contribution in [0.25, 0.3) is 0 Å². The number of aliphatic hydroxyl groups is 1. The zero-order valence-corrected chi connectivity index (χ0v) is 4.02. The molecule has 6 heavy (non-hydrogen) atoms. The molecular weight excluding hydrogens is 78.0 g/mol. The van der Waals surface area contributed by atoms with Crippen LogP contribution in [0.5, 0.6) is 0 Å². The maximum Gasteiger partial charge on any atom is 0.0751 e. The summed E-state index contributed by atoms with van der Waals surface area (Å²) < 4.78 is 0. The first kappa shape index (κ1) is 9.09. The Morgan fingerprint density at radius 2 is 2.17 bits per heavy atom. The molecule has 0 heterocycles. The average molecular weight is 89.1 g/mol. The minimum absolute atomic E-state index is 0. The monoisotopic (exact) mass is 89.1 g/mol. The molecule has 0 spiro atoms. The summed E-state index contributed by atoms with van der Waals surface area (Å²) in [6, 6.07) is 0. The molecule has 0 atom stereocenters. The molecule has 38 valence electrons. The van der Waals surface area contributed by atoms with Gasteiger partial charge in [-0.3, -0.25) is 0 Å². The highest BCUT2D eigenvalue weighted by molar-refractivity contribution is 4.66. The summed E-state index contributed by atoms with van der Waals surface area (Å²) in [5.74, 6) is 0. The van der Waals surface area contributed by atoms with Crippen LogP contribution in [0.3, 0.4) is 0 Å². The van der Waals surface area contributed by atoms with Gasteiger partial charge in [-0.1, -0.05) is 13.0 Å². The highest BCUT2D eigenvalue weighted by Crippen LogP contribution is 1.71. The van der Waals surface area contributed by atoms with Crippen molar-refractivity contribution in [1.82, 2.24) is 6.15 Å². The van der Waals surface area contributed by atoms with E-state index in [9.17, 15) is 0 Å². The van der Waals surface area contributed by atoms with Crippen LogP contribution in [0, 0.1) is 0 Å². The van der Waals surface area contributed by atoms with E-state index in [4.69, 9.17) is 5.11 Å². The molecule has 0 bridgehead atoms. The first-order chi connectivity index (χ1) is 2.41. The lowest BCUT2D eigenvalue weighted by Gasteiger charge is -1.65. The largest absolute Gasteiger partial charge is 0.516 e. The topological polar surface area (TPSA) is 55.2 Å². The summed E-state index contributed by atoms with van der Waals surface area (Å²) in [6.45, 7) is 1.96. The third kappa shape index (κ3) is 9.72. The van der Waals surface area contributed by atoms with E-state index < -0.39 is 0 Å². The Hall–Kier alpha value is -0.500. The number of rotatable bonds is 1. The van der Waals surface area contributed by atoms with E-state index in [0.717, 1.165) is 12.7 Å². The van der Waals surface area contributed by atoms with Crippen molar-refractivity contribution in [3.63, 3.8) is 0 Å². The summed E-state index contributed by atoms with van der Waals surface area (Å²) in [6.07, 6.45) is 3.65. The van der Waals surface area contributed by atoms with Crippen LogP contribution in [0.15, 0.2) is 12.3 Å². The SMILES string of the molecule is CC/C=C/O.N. The Morgan fingerprint density at radius 3 is 2.17 bits per heavy atom. The standard InChI is InChI=1S/C4H8O.H3N/c1-2-3-4-5;/h3-5H,2H2,1H3;1H3/b4-3+;. The van der Waals surface area contributed by atoms with Crippen molar-refractivity contribution >= 4 is 0 Å². The van der Waals surface area contributed by atoms with Crippen LogP contribution in [0.2, 0.25) is 0 Å². The van der Waals surface area contributed by atoms with E-state index in [0.29, 0.717) is 0 Å². The van der Waals surface area contributed by atoms with Crippen molar-refractivity contribution in [3.8, 4) is 0 Å². The van der Waals surface area contributed by atoms with Crippen molar-refractivity contribution in [2.24, 2.45) is 0 Å². The van der Waals surface area contributed by atoms with Gasteiger partial charge in [0.1, 0.15) is 0 Å². The molecule has 0 saturated carbocycles. The smallest absolute Gasteiger partial charge is 0.0751 e. The quantitative estimate of drug-likeness (QED) is 0.480. The molecule has 0 aromatic heterocycles. The van der Waals surface area contributed by atoms with Crippen LogP contribution in [-0.2, 0) is 0 Å². The summed E-state index contributed by atoms with van der Waals surface area (Å²) in [7, 11) is 0. The van der Waals surface area contributed by atoms with Crippen LogP contribution in [0.1, 0.15) is 13.3 Å². The van der Waals surface area contributed by atoms with Crippen LogP contribution in [0.4, 0.5) is 0 Å². The van der Waals surface area contributed by atoms with E-state index in [-0.39, 0.29) is 6.15 Å². The molecule has 0 unspecified atom stereocenters. The van der Waals surface area contributed by atoms with Gasteiger partial charge in [-0.05, 0) is 6.42 Å². The van der Waals surface area contributed by atoms with Crippen molar-refractivity contribution < 1.29 is 5.11 Å². The molecular formula is C4H11NO. The van der Waals surface area contributed by atoms with E-state index >= 15 is 0 Å². The van der Waals surface area contributed by atoms with Crippen LogP contribution in [-0.4, -0.2) is 5.11 Å². The van der Waals surface area contributed by atoms with Gasteiger partial charge in [0.15, 0.2) is 0 Å². The molecule has 0 radical (unpaired) electrons. The highest BCUT2D eigenvalue weighted by atomic mass is 16.2. The van der Waals surface area contributed by atoms with Gasteiger partial charge in [0.25, 0.3) is 0 Å². The van der Waals surface area contributed by atoms with E-state index in [2.05, 4.69) is 0 Å². The normalized spacial score (nSPS) is 8.17. The Balaban J connectivity index is 0. The Bertz CT molecular complexity index is 34.5. The predicted octanol–water partition coefficient (Wildman–Crippen LogP) is 1.63. The van der Waals surface area contributed by atoms with Gasteiger partial charge in [-0.15, -0.1) is 0 Å². The number of hydrogen-bond acceptors (Lipinski definition) is 2. The van der Waals surface area contributed by atoms with Crippen LogP contribution >= 0.6 is 0 Å². The zero-order chi connectivity index (χ0) is 4.12. The van der Waals surface area contributed by atoms with E-state index in [1.54, 1.807) is 6.08 Å². The minimum atomic E-state index is 0. The van der Waals surface area contributed by atoms with Gasteiger partial charge in [-0.2, -0.15) is 0 Å². The summed E-state index contributed by atoms with van der Waals surface area (Å²) >= 11 is 0. The Labute approximate surface area is 38.1 Å². The predicted molar refractivity (Wildman–Crippen MR) is 27.1 cm³/mol. The third-order valence-electron chi connectivity index (χ3n) is 0.341. The maximum atomic E-state index is 7.89. The number of aliphatic hydroxyl groups excluding tert-OH is 1. The summed E-state index contributed by atoms with van der Waals surface area (Å²) in [5, 5.41) is 7.89. The van der Waals surface area contributed by atoms with Gasteiger partial charge >= 0.3 is 0 Å². The van der Waals surface area contributed by atoms with Gasteiger partial charge < -0.3 is 11.3 Å². The van der Waals surface area contributed by atoms with Crippen molar-refractivity contribution in [2.75, 3.05) is 0 Å².